The van der Waals surface area contributed by atoms with Crippen LogP contribution in [-0.4, -0.2) is 19.9 Å². The minimum Gasteiger partial charge on any atom is -0.332 e. The summed E-state index contributed by atoms with van der Waals surface area (Å²) < 4.78 is 33.4. The first-order valence-electron chi connectivity index (χ1n) is 7.57. The number of halogens is 2. The monoisotopic (exact) mass is 352 g/mol. The first kappa shape index (κ1) is 15.8. The Morgan fingerprint density at radius 3 is 2.50 bits per heavy atom. The molecule has 0 spiro atoms. The van der Waals surface area contributed by atoms with Gasteiger partial charge in [-0.15, -0.1) is 0 Å². The van der Waals surface area contributed by atoms with Gasteiger partial charge in [-0.3, -0.25) is 4.79 Å². The molecular formula is C18H10F2N4O2. The van der Waals surface area contributed by atoms with Crippen molar-refractivity contribution in [3.63, 3.8) is 0 Å². The second kappa shape index (κ2) is 6.32. The first-order chi connectivity index (χ1) is 12.6. The number of nitrogens with zero attached hydrogens (tertiary/aromatic N) is 4. The Kier molecular flexibility index (Phi) is 3.85. The van der Waals surface area contributed by atoms with Gasteiger partial charge < -0.3 is 4.52 Å². The van der Waals surface area contributed by atoms with Gasteiger partial charge in [0, 0.05) is 12.3 Å². The van der Waals surface area contributed by atoms with Crippen molar-refractivity contribution in [1.82, 2.24) is 19.9 Å². The third-order valence-electron chi connectivity index (χ3n) is 3.64. The van der Waals surface area contributed by atoms with E-state index in [1.54, 1.807) is 12.1 Å². The Morgan fingerprint density at radius 2 is 1.73 bits per heavy atom. The van der Waals surface area contributed by atoms with Crippen LogP contribution in [0.4, 0.5) is 8.78 Å². The molecule has 0 N–H and O–H groups in total. The zero-order valence-electron chi connectivity index (χ0n) is 13.1. The SMILES string of the molecule is O=c1ccn(-c2ccc(F)cc2)nc1-c1nc(-c2ccccc2F)no1. The molecule has 0 fully saturated rings. The van der Waals surface area contributed by atoms with Crippen molar-refractivity contribution in [2.45, 2.75) is 0 Å². The lowest BCUT2D eigenvalue weighted by Gasteiger charge is -2.05. The Labute approximate surface area is 145 Å². The summed E-state index contributed by atoms with van der Waals surface area (Å²) in [5.41, 5.74) is 0.165. The molecule has 0 bridgehead atoms. The topological polar surface area (TPSA) is 73.8 Å². The fourth-order valence-corrected chi connectivity index (χ4v) is 2.36. The number of hydrogen-bond donors (Lipinski definition) is 0. The fraction of sp³-hybridized carbons (Fsp3) is 0. The molecule has 0 amide bonds. The van der Waals surface area contributed by atoms with E-state index in [9.17, 15) is 13.6 Å². The molecule has 2 aromatic heterocycles. The van der Waals surface area contributed by atoms with Gasteiger partial charge in [0.15, 0.2) is 5.69 Å². The first-order valence-corrected chi connectivity index (χ1v) is 7.57. The van der Waals surface area contributed by atoms with E-state index in [4.69, 9.17) is 4.52 Å². The summed E-state index contributed by atoms with van der Waals surface area (Å²) in [6, 6.07) is 12.8. The van der Waals surface area contributed by atoms with E-state index in [0.717, 1.165) is 0 Å². The number of hydrogen-bond acceptors (Lipinski definition) is 5. The van der Waals surface area contributed by atoms with E-state index >= 15 is 0 Å². The average molecular weight is 352 g/mol. The minimum absolute atomic E-state index is 0.0106. The van der Waals surface area contributed by atoms with Gasteiger partial charge in [-0.05, 0) is 36.4 Å². The molecule has 128 valence electrons. The second-order valence-electron chi connectivity index (χ2n) is 5.35. The Hall–Kier alpha value is -3.68. The third-order valence-corrected chi connectivity index (χ3v) is 3.64. The maximum absolute atomic E-state index is 13.9. The molecule has 0 aliphatic rings. The van der Waals surface area contributed by atoms with Gasteiger partial charge in [0.25, 0.3) is 5.89 Å². The lowest BCUT2D eigenvalue weighted by molar-refractivity contribution is 0.429. The fourth-order valence-electron chi connectivity index (χ4n) is 2.36. The second-order valence-corrected chi connectivity index (χ2v) is 5.35. The zero-order chi connectivity index (χ0) is 18.1. The Bertz CT molecular complexity index is 1140. The van der Waals surface area contributed by atoms with Crippen molar-refractivity contribution in [2.75, 3.05) is 0 Å². The Balaban J connectivity index is 1.77. The van der Waals surface area contributed by atoms with Crippen LogP contribution in [-0.2, 0) is 0 Å². The van der Waals surface area contributed by atoms with Crippen LogP contribution in [0.3, 0.4) is 0 Å². The zero-order valence-corrected chi connectivity index (χ0v) is 13.1. The van der Waals surface area contributed by atoms with Crippen LogP contribution in [0.25, 0.3) is 28.7 Å². The maximum atomic E-state index is 13.9. The van der Waals surface area contributed by atoms with E-state index in [-0.39, 0.29) is 28.8 Å². The van der Waals surface area contributed by atoms with Gasteiger partial charge in [-0.25, -0.2) is 13.5 Å². The molecule has 0 atom stereocenters. The largest absolute Gasteiger partial charge is 0.332 e. The number of aromatic nitrogens is 4. The summed E-state index contributed by atoms with van der Waals surface area (Å²) in [6.07, 6.45) is 1.44. The van der Waals surface area contributed by atoms with Crippen LogP contribution in [0.1, 0.15) is 0 Å². The highest BCUT2D eigenvalue weighted by atomic mass is 19.1. The molecule has 26 heavy (non-hydrogen) atoms. The van der Waals surface area contributed by atoms with Gasteiger partial charge in [-0.1, -0.05) is 17.3 Å². The summed E-state index contributed by atoms with van der Waals surface area (Å²) in [7, 11) is 0. The van der Waals surface area contributed by atoms with Gasteiger partial charge in [0.2, 0.25) is 11.3 Å². The average Bonchev–Trinajstić information content (AvgIpc) is 3.13. The van der Waals surface area contributed by atoms with Crippen molar-refractivity contribution in [2.24, 2.45) is 0 Å². The molecule has 0 unspecified atom stereocenters. The van der Waals surface area contributed by atoms with E-state index < -0.39 is 11.2 Å². The molecule has 0 radical (unpaired) electrons. The van der Waals surface area contributed by atoms with Gasteiger partial charge in [-0.2, -0.15) is 10.1 Å². The summed E-state index contributed by atoms with van der Waals surface area (Å²) in [6.45, 7) is 0. The predicted molar refractivity (Wildman–Crippen MR) is 88.5 cm³/mol. The highest BCUT2D eigenvalue weighted by molar-refractivity contribution is 5.58. The number of benzene rings is 2. The van der Waals surface area contributed by atoms with Gasteiger partial charge in [0.05, 0.1) is 11.3 Å². The van der Waals surface area contributed by atoms with Crippen LogP contribution in [0, 0.1) is 11.6 Å². The smallest absolute Gasteiger partial charge is 0.282 e. The van der Waals surface area contributed by atoms with Crippen molar-refractivity contribution < 1.29 is 13.3 Å². The normalized spacial score (nSPS) is 10.8. The summed E-state index contributed by atoms with van der Waals surface area (Å²) in [5.74, 6) is -1.02. The van der Waals surface area contributed by atoms with Crippen LogP contribution >= 0.6 is 0 Å². The van der Waals surface area contributed by atoms with Crippen LogP contribution in [0.15, 0.2) is 70.1 Å². The molecular weight excluding hydrogens is 342 g/mol. The van der Waals surface area contributed by atoms with E-state index in [1.165, 1.54) is 53.3 Å². The molecule has 6 nitrogen and oxygen atoms in total. The molecule has 8 heteroatoms. The van der Waals surface area contributed by atoms with E-state index in [2.05, 4.69) is 15.2 Å². The quantitative estimate of drug-likeness (QED) is 0.566. The predicted octanol–water partition coefficient (Wildman–Crippen LogP) is 3.23. The highest BCUT2D eigenvalue weighted by Crippen LogP contribution is 2.22. The molecule has 0 saturated carbocycles. The minimum atomic E-state index is -0.510. The lowest BCUT2D eigenvalue weighted by atomic mass is 10.2. The molecule has 0 saturated heterocycles. The molecule has 2 aromatic carbocycles. The van der Waals surface area contributed by atoms with Gasteiger partial charge >= 0.3 is 0 Å². The maximum Gasteiger partial charge on any atom is 0.282 e. The van der Waals surface area contributed by atoms with Crippen molar-refractivity contribution in [3.05, 3.63) is 82.7 Å². The molecule has 4 rings (SSSR count). The molecule has 0 aliphatic carbocycles. The van der Waals surface area contributed by atoms with Gasteiger partial charge in [0.1, 0.15) is 11.6 Å². The molecule has 2 heterocycles. The van der Waals surface area contributed by atoms with Crippen molar-refractivity contribution >= 4 is 0 Å². The highest BCUT2D eigenvalue weighted by Gasteiger charge is 2.17. The third kappa shape index (κ3) is 2.88. The van der Waals surface area contributed by atoms with Crippen LogP contribution < -0.4 is 5.43 Å². The van der Waals surface area contributed by atoms with Crippen LogP contribution in [0.5, 0.6) is 0 Å². The van der Waals surface area contributed by atoms with Crippen molar-refractivity contribution in [3.8, 4) is 28.7 Å². The van der Waals surface area contributed by atoms with Crippen LogP contribution in [0.2, 0.25) is 0 Å². The summed E-state index contributed by atoms with van der Waals surface area (Å²) in [4.78, 5) is 16.2. The molecule has 0 aliphatic heterocycles. The number of rotatable bonds is 3. The van der Waals surface area contributed by atoms with Crippen molar-refractivity contribution in [1.29, 1.82) is 0 Å². The Morgan fingerprint density at radius 1 is 0.962 bits per heavy atom. The standard InChI is InChI=1S/C18H10F2N4O2/c19-11-5-7-12(8-6-11)24-10-9-15(25)16(22-24)18-21-17(23-26-18)13-3-1-2-4-14(13)20/h1-10H. The molecule has 4 aromatic rings. The van der Waals surface area contributed by atoms with E-state index in [1.807, 2.05) is 0 Å². The summed E-state index contributed by atoms with van der Waals surface area (Å²) >= 11 is 0. The lowest BCUT2D eigenvalue weighted by Crippen LogP contribution is -2.12. The summed E-state index contributed by atoms with van der Waals surface area (Å²) in [5, 5.41) is 7.88. The van der Waals surface area contributed by atoms with E-state index in [0.29, 0.717) is 5.69 Å².